The molecule has 4 nitrogen and oxygen atoms in total. The highest BCUT2D eigenvalue weighted by Gasteiger charge is 2.33. The minimum atomic E-state index is -0.279. The predicted molar refractivity (Wildman–Crippen MR) is 87.2 cm³/mol. The second-order valence-corrected chi connectivity index (χ2v) is 5.44. The molecule has 5 heteroatoms. The Bertz CT molecular complexity index is 740. The molecule has 2 N–H and O–H groups in total. The zero-order valence-corrected chi connectivity index (χ0v) is 13.0. The van der Waals surface area contributed by atoms with Crippen LogP contribution in [0.25, 0.3) is 0 Å². The fourth-order valence-electron chi connectivity index (χ4n) is 2.60. The van der Waals surface area contributed by atoms with Crippen LogP contribution in [0.2, 0.25) is 0 Å². The zero-order chi connectivity index (χ0) is 16.2. The smallest absolute Gasteiger partial charge is 0.266 e. The molecular weight excluding hydrogens is 293 g/mol. The van der Waals surface area contributed by atoms with E-state index in [2.05, 4.69) is 23.3 Å². The van der Waals surface area contributed by atoms with Gasteiger partial charge in [0.1, 0.15) is 18.0 Å². The Morgan fingerprint density at radius 2 is 1.91 bits per heavy atom. The van der Waals surface area contributed by atoms with E-state index in [1.165, 1.54) is 17.7 Å². The van der Waals surface area contributed by atoms with Gasteiger partial charge in [0, 0.05) is 0 Å². The molecular formula is C18H19FN3O+. The van der Waals surface area contributed by atoms with Crippen LogP contribution >= 0.6 is 0 Å². The van der Waals surface area contributed by atoms with Crippen LogP contribution in [0.5, 0.6) is 0 Å². The van der Waals surface area contributed by atoms with Crippen LogP contribution in [-0.2, 0) is 17.8 Å². The number of guanidine groups is 1. The molecule has 3 rings (SSSR count). The lowest BCUT2D eigenvalue weighted by Gasteiger charge is -2.14. The van der Waals surface area contributed by atoms with Gasteiger partial charge in [0.25, 0.3) is 0 Å². The van der Waals surface area contributed by atoms with E-state index in [0.29, 0.717) is 12.5 Å². The molecule has 0 aromatic heterocycles. The topological polar surface area (TPSA) is 46.3 Å². The number of amides is 1. The van der Waals surface area contributed by atoms with Crippen LogP contribution in [-0.4, -0.2) is 23.3 Å². The minimum Gasteiger partial charge on any atom is -0.266 e. The van der Waals surface area contributed by atoms with Gasteiger partial charge >= 0.3 is 11.9 Å². The molecule has 0 saturated heterocycles. The molecule has 23 heavy (non-hydrogen) atoms. The summed E-state index contributed by atoms with van der Waals surface area (Å²) in [7, 11) is 0. The predicted octanol–water partition coefficient (Wildman–Crippen LogP) is 1.28. The number of hydrogen-bond acceptors (Lipinski definition) is 2. The number of hydrogen-bond donors (Lipinski definition) is 2. The van der Waals surface area contributed by atoms with E-state index in [1.54, 1.807) is 17.0 Å². The highest BCUT2D eigenvalue weighted by molar-refractivity contribution is 6.04. The Hall–Kier alpha value is -2.69. The molecule has 0 unspecified atom stereocenters. The lowest BCUT2D eigenvalue weighted by atomic mass is 10.1. The van der Waals surface area contributed by atoms with Crippen LogP contribution in [0.15, 0.2) is 48.5 Å². The van der Waals surface area contributed by atoms with Gasteiger partial charge in [0.15, 0.2) is 6.54 Å². The molecule has 0 aliphatic carbocycles. The summed E-state index contributed by atoms with van der Waals surface area (Å²) in [4.78, 5) is 16.9. The minimum absolute atomic E-state index is 0.00851. The monoisotopic (exact) mass is 312 g/mol. The van der Waals surface area contributed by atoms with Crippen molar-refractivity contribution in [3.63, 3.8) is 0 Å². The van der Waals surface area contributed by atoms with Crippen LogP contribution < -0.4 is 10.3 Å². The molecule has 0 radical (unpaired) electrons. The quantitative estimate of drug-likeness (QED) is 0.893. The summed E-state index contributed by atoms with van der Waals surface area (Å²) in [5, 5.41) is 3.31. The molecule has 118 valence electrons. The first kappa shape index (κ1) is 15.2. The largest absolute Gasteiger partial charge is 0.358 e. The number of nitrogens with one attached hydrogen (secondary N) is 2. The van der Waals surface area contributed by atoms with Crippen molar-refractivity contribution in [2.45, 2.75) is 19.9 Å². The van der Waals surface area contributed by atoms with E-state index >= 15 is 0 Å². The van der Waals surface area contributed by atoms with Crippen molar-refractivity contribution in [2.75, 3.05) is 11.9 Å². The lowest BCUT2D eigenvalue weighted by molar-refractivity contribution is -0.438. The van der Waals surface area contributed by atoms with E-state index in [0.717, 1.165) is 17.7 Å². The molecule has 0 atom stereocenters. The van der Waals surface area contributed by atoms with Gasteiger partial charge < -0.3 is 0 Å². The van der Waals surface area contributed by atoms with Gasteiger partial charge in [0.05, 0.1) is 0 Å². The molecule has 1 amide bonds. The third kappa shape index (κ3) is 3.39. The van der Waals surface area contributed by atoms with Gasteiger partial charge in [-0.1, -0.05) is 37.3 Å². The number of nitrogens with zero attached hydrogens (tertiary/aromatic N) is 1. The highest BCUT2D eigenvalue weighted by atomic mass is 19.1. The van der Waals surface area contributed by atoms with Gasteiger partial charge in [-0.25, -0.2) is 9.71 Å². The third-order valence-corrected chi connectivity index (χ3v) is 3.88. The number of carbonyl (C=O) groups excluding carboxylic acids is 1. The van der Waals surface area contributed by atoms with E-state index < -0.39 is 0 Å². The lowest BCUT2D eigenvalue weighted by Crippen LogP contribution is -2.72. The fraction of sp³-hybridized carbons (Fsp3) is 0.222. The second-order valence-electron chi connectivity index (χ2n) is 5.44. The Morgan fingerprint density at radius 1 is 1.17 bits per heavy atom. The van der Waals surface area contributed by atoms with E-state index in [-0.39, 0.29) is 18.3 Å². The van der Waals surface area contributed by atoms with Crippen molar-refractivity contribution >= 4 is 17.6 Å². The highest BCUT2D eigenvalue weighted by Crippen LogP contribution is 2.16. The molecule has 1 aliphatic rings. The summed E-state index contributed by atoms with van der Waals surface area (Å²) in [6, 6.07) is 14.2. The van der Waals surface area contributed by atoms with Crippen LogP contribution in [0, 0.1) is 5.82 Å². The number of benzene rings is 2. The van der Waals surface area contributed by atoms with E-state index in [4.69, 9.17) is 0 Å². The molecule has 0 fully saturated rings. The number of aryl methyl sites for hydroxylation is 1. The van der Waals surface area contributed by atoms with Crippen LogP contribution in [0.3, 0.4) is 0 Å². The summed E-state index contributed by atoms with van der Waals surface area (Å²) in [5.41, 5.74) is 3.05. The first-order chi connectivity index (χ1) is 11.2. The van der Waals surface area contributed by atoms with Gasteiger partial charge in [-0.05, 0) is 35.7 Å². The summed E-state index contributed by atoms with van der Waals surface area (Å²) < 4.78 is 13.0. The average Bonchev–Trinajstić information content (AvgIpc) is 2.90. The Balaban J connectivity index is 1.78. The van der Waals surface area contributed by atoms with Crippen molar-refractivity contribution < 1.29 is 14.2 Å². The summed E-state index contributed by atoms with van der Waals surface area (Å²) >= 11 is 0. The molecule has 0 spiro atoms. The Morgan fingerprint density at radius 3 is 2.65 bits per heavy atom. The van der Waals surface area contributed by atoms with E-state index in [1.807, 2.05) is 18.2 Å². The summed E-state index contributed by atoms with van der Waals surface area (Å²) in [5.74, 6) is 0.379. The fourth-order valence-corrected chi connectivity index (χ4v) is 2.60. The standard InChI is InChI=1S/C18H18FN3O/c1-2-14-5-3-4-6-16(14)21-18-20-11-17(23)22(18)12-13-7-9-15(19)10-8-13/h3-10H,2,11-12H2,1H3,(H,20,21)/p+1. The number of para-hydroxylation sites is 1. The number of rotatable bonds is 4. The first-order valence-corrected chi connectivity index (χ1v) is 7.68. The second kappa shape index (κ2) is 6.60. The Kier molecular flexibility index (Phi) is 4.37. The molecule has 1 aliphatic heterocycles. The van der Waals surface area contributed by atoms with Crippen molar-refractivity contribution in [1.29, 1.82) is 0 Å². The van der Waals surface area contributed by atoms with Crippen molar-refractivity contribution in [1.82, 2.24) is 4.90 Å². The molecule has 2 aromatic carbocycles. The molecule has 1 heterocycles. The third-order valence-electron chi connectivity index (χ3n) is 3.88. The number of carbonyl (C=O) groups is 1. The van der Waals surface area contributed by atoms with Crippen molar-refractivity contribution in [2.24, 2.45) is 0 Å². The number of anilines is 1. The maximum Gasteiger partial charge on any atom is 0.358 e. The molecule has 0 saturated carbocycles. The maximum absolute atomic E-state index is 13.0. The SMILES string of the molecule is CCc1ccccc1NC1=[NH+]CC(=O)N1Cc1ccc(F)cc1. The first-order valence-electron chi connectivity index (χ1n) is 7.68. The summed E-state index contributed by atoms with van der Waals surface area (Å²) in [6.45, 7) is 2.76. The Labute approximate surface area is 134 Å². The van der Waals surface area contributed by atoms with Gasteiger partial charge in [-0.3, -0.25) is 9.79 Å². The molecule has 2 aromatic rings. The average molecular weight is 312 g/mol. The van der Waals surface area contributed by atoms with Crippen LogP contribution in [0.1, 0.15) is 18.1 Å². The molecule has 0 bridgehead atoms. The van der Waals surface area contributed by atoms with Crippen molar-refractivity contribution in [3.05, 3.63) is 65.5 Å². The number of halogens is 1. The van der Waals surface area contributed by atoms with E-state index in [9.17, 15) is 9.18 Å². The maximum atomic E-state index is 13.0. The zero-order valence-electron chi connectivity index (χ0n) is 13.0. The van der Waals surface area contributed by atoms with Crippen LogP contribution in [0.4, 0.5) is 10.1 Å². The van der Waals surface area contributed by atoms with Crippen molar-refractivity contribution in [3.8, 4) is 0 Å². The summed E-state index contributed by atoms with van der Waals surface area (Å²) in [6.07, 6.45) is 0.905. The van der Waals surface area contributed by atoms with Gasteiger partial charge in [-0.15, -0.1) is 0 Å². The van der Waals surface area contributed by atoms with Gasteiger partial charge in [0.2, 0.25) is 0 Å². The normalized spacial score (nSPS) is 14.1. The van der Waals surface area contributed by atoms with Gasteiger partial charge in [-0.2, -0.15) is 4.90 Å².